The molecule has 4 heteroatoms. The minimum absolute atomic E-state index is 0.209. The fourth-order valence-electron chi connectivity index (χ4n) is 0.815. The lowest BCUT2D eigenvalue weighted by Gasteiger charge is -2.03. The smallest absolute Gasteiger partial charge is 0.107 e. The van der Waals surface area contributed by atoms with Crippen LogP contribution in [0.4, 0.5) is 10.1 Å². The monoisotopic (exact) mass is 165 g/mol. The molecule has 1 rings (SSSR count). The van der Waals surface area contributed by atoms with Crippen molar-refractivity contribution >= 4 is 5.69 Å². The van der Waals surface area contributed by atoms with Gasteiger partial charge in [-0.3, -0.25) is 4.98 Å². The largest absolute Gasteiger partial charge is 0.380 e. The van der Waals surface area contributed by atoms with Gasteiger partial charge in [0.1, 0.15) is 12.7 Å². The van der Waals surface area contributed by atoms with E-state index in [4.69, 9.17) is 5.26 Å². The van der Waals surface area contributed by atoms with Gasteiger partial charge in [0.25, 0.3) is 0 Å². The van der Waals surface area contributed by atoms with Crippen molar-refractivity contribution in [3.8, 4) is 6.07 Å². The van der Waals surface area contributed by atoms with Crippen LogP contribution in [0.5, 0.6) is 0 Å². The molecule has 0 radical (unpaired) electrons. The number of aromatic nitrogens is 1. The second-order valence-electron chi connectivity index (χ2n) is 2.15. The van der Waals surface area contributed by atoms with E-state index in [1.54, 1.807) is 6.07 Å². The zero-order valence-corrected chi connectivity index (χ0v) is 6.42. The highest BCUT2D eigenvalue weighted by Crippen LogP contribution is 2.10. The quantitative estimate of drug-likeness (QED) is 0.735. The molecule has 0 saturated heterocycles. The number of nitrogens with zero attached hydrogens (tertiary/aromatic N) is 2. The topological polar surface area (TPSA) is 48.7 Å². The van der Waals surface area contributed by atoms with Crippen LogP contribution < -0.4 is 5.32 Å². The van der Waals surface area contributed by atoms with Crippen molar-refractivity contribution in [3.63, 3.8) is 0 Å². The molecule has 0 aromatic carbocycles. The summed E-state index contributed by atoms with van der Waals surface area (Å²) in [5, 5.41) is 11.4. The Morgan fingerprint density at radius 3 is 3.17 bits per heavy atom. The summed E-state index contributed by atoms with van der Waals surface area (Å²) in [5.41, 5.74) is 1.07. The number of hydrogen-bond donors (Lipinski definition) is 1. The zero-order valence-electron chi connectivity index (χ0n) is 6.42. The Hall–Kier alpha value is -1.63. The van der Waals surface area contributed by atoms with Gasteiger partial charge in [0.2, 0.25) is 0 Å². The average molecular weight is 165 g/mol. The summed E-state index contributed by atoms with van der Waals surface area (Å²) < 4.78 is 11.7. The summed E-state index contributed by atoms with van der Waals surface area (Å²) in [5.74, 6) is 0. The lowest BCUT2D eigenvalue weighted by molar-refractivity contribution is 0.512. The molecular weight excluding hydrogens is 157 g/mol. The van der Waals surface area contributed by atoms with Crippen LogP contribution in [-0.2, 0) is 0 Å². The highest BCUT2D eigenvalue weighted by atomic mass is 19.1. The van der Waals surface area contributed by atoms with E-state index in [9.17, 15) is 4.39 Å². The van der Waals surface area contributed by atoms with Crippen LogP contribution >= 0.6 is 0 Å². The van der Waals surface area contributed by atoms with Crippen LogP contribution in [0, 0.1) is 11.3 Å². The van der Waals surface area contributed by atoms with E-state index in [2.05, 4.69) is 10.3 Å². The van der Waals surface area contributed by atoms with Crippen LogP contribution in [0.2, 0.25) is 0 Å². The minimum Gasteiger partial charge on any atom is -0.380 e. The SMILES string of the molecule is N#Cc1ccncc1NCCF. The van der Waals surface area contributed by atoms with Crippen molar-refractivity contribution in [1.29, 1.82) is 5.26 Å². The lowest BCUT2D eigenvalue weighted by atomic mass is 10.2. The molecule has 0 aliphatic heterocycles. The van der Waals surface area contributed by atoms with Crippen molar-refractivity contribution in [2.75, 3.05) is 18.5 Å². The number of hydrogen-bond acceptors (Lipinski definition) is 3. The molecule has 1 N–H and O–H groups in total. The maximum Gasteiger partial charge on any atom is 0.107 e. The highest BCUT2D eigenvalue weighted by Gasteiger charge is 1.98. The molecule has 0 aliphatic carbocycles. The Labute approximate surface area is 69.9 Å². The molecule has 1 aromatic heterocycles. The molecule has 0 amide bonds. The maximum atomic E-state index is 11.7. The van der Waals surface area contributed by atoms with E-state index in [-0.39, 0.29) is 6.54 Å². The number of nitrogens with one attached hydrogen (secondary N) is 1. The van der Waals surface area contributed by atoms with Crippen molar-refractivity contribution in [1.82, 2.24) is 4.98 Å². The van der Waals surface area contributed by atoms with Crippen LogP contribution in [0.25, 0.3) is 0 Å². The Morgan fingerprint density at radius 2 is 2.50 bits per heavy atom. The van der Waals surface area contributed by atoms with E-state index >= 15 is 0 Å². The van der Waals surface area contributed by atoms with Gasteiger partial charge in [-0.2, -0.15) is 5.26 Å². The molecule has 0 bridgehead atoms. The number of anilines is 1. The highest BCUT2D eigenvalue weighted by molar-refractivity contribution is 5.55. The van der Waals surface area contributed by atoms with Crippen LogP contribution in [0.15, 0.2) is 18.5 Å². The fraction of sp³-hybridized carbons (Fsp3) is 0.250. The maximum absolute atomic E-state index is 11.7. The molecule has 0 atom stereocenters. The first-order valence-corrected chi connectivity index (χ1v) is 3.52. The summed E-state index contributed by atoms with van der Waals surface area (Å²) in [6, 6.07) is 3.56. The van der Waals surface area contributed by atoms with Gasteiger partial charge in [-0.25, -0.2) is 4.39 Å². The normalized spacial score (nSPS) is 9.00. The van der Waals surface area contributed by atoms with E-state index in [1.807, 2.05) is 6.07 Å². The molecule has 0 fully saturated rings. The summed E-state index contributed by atoms with van der Waals surface area (Å²) in [4.78, 5) is 3.81. The van der Waals surface area contributed by atoms with Crippen LogP contribution in [-0.4, -0.2) is 18.2 Å². The van der Waals surface area contributed by atoms with Gasteiger partial charge in [0.15, 0.2) is 0 Å². The summed E-state index contributed by atoms with van der Waals surface area (Å²) in [7, 11) is 0. The molecular formula is C8H8FN3. The Morgan fingerprint density at radius 1 is 1.67 bits per heavy atom. The van der Waals surface area contributed by atoms with Gasteiger partial charge in [-0.1, -0.05) is 0 Å². The molecule has 62 valence electrons. The van der Waals surface area contributed by atoms with Crippen molar-refractivity contribution in [3.05, 3.63) is 24.0 Å². The summed E-state index contributed by atoms with van der Waals surface area (Å²) in [6.45, 7) is -0.250. The predicted octanol–water partition coefficient (Wildman–Crippen LogP) is 1.33. The second kappa shape index (κ2) is 4.29. The van der Waals surface area contributed by atoms with Gasteiger partial charge in [0.05, 0.1) is 17.4 Å². The first-order chi connectivity index (χ1) is 5.88. The third-order valence-electron chi connectivity index (χ3n) is 1.35. The van der Waals surface area contributed by atoms with Gasteiger partial charge in [0, 0.05) is 12.7 Å². The zero-order chi connectivity index (χ0) is 8.81. The van der Waals surface area contributed by atoms with Crippen molar-refractivity contribution in [2.45, 2.75) is 0 Å². The first kappa shape index (κ1) is 8.47. The molecule has 0 saturated carbocycles. The van der Waals surface area contributed by atoms with E-state index in [1.165, 1.54) is 12.4 Å². The minimum atomic E-state index is -0.459. The molecule has 0 spiro atoms. The third-order valence-corrected chi connectivity index (χ3v) is 1.35. The third kappa shape index (κ3) is 1.92. The molecule has 12 heavy (non-hydrogen) atoms. The van der Waals surface area contributed by atoms with E-state index in [0.717, 1.165) is 0 Å². The van der Waals surface area contributed by atoms with E-state index in [0.29, 0.717) is 11.3 Å². The number of halogens is 1. The molecule has 3 nitrogen and oxygen atoms in total. The van der Waals surface area contributed by atoms with Gasteiger partial charge in [-0.05, 0) is 6.07 Å². The number of rotatable bonds is 3. The summed E-state index contributed by atoms with van der Waals surface area (Å²) in [6.07, 6.45) is 3.04. The van der Waals surface area contributed by atoms with Crippen LogP contribution in [0.3, 0.4) is 0 Å². The van der Waals surface area contributed by atoms with E-state index < -0.39 is 6.67 Å². The first-order valence-electron chi connectivity index (χ1n) is 3.52. The Bertz CT molecular complexity index is 293. The fourth-order valence-corrected chi connectivity index (χ4v) is 0.815. The molecule has 0 aliphatic rings. The van der Waals surface area contributed by atoms with Gasteiger partial charge >= 0.3 is 0 Å². The molecule has 1 heterocycles. The molecule has 1 aromatic rings. The predicted molar refractivity (Wildman–Crippen MR) is 43.4 cm³/mol. The summed E-state index contributed by atoms with van der Waals surface area (Å²) >= 11 is 0. The van der Waals surface area contributed by atoms with Crippen LogP contribution in [0.1, 0.15) is 5.56 Å². The Balaban J connectivity index is 2.77. The number of alkyl halides is 1. The average Bonchev–Trinajstić information content (AvgIpc) is 2.15. The van der Waals surface area contributed by atoms with Gasteiger partial charge < -0.3 is 5.32 Å². The lowest BCUT2D eigenvalue weighted by Crippen LogP contribution is -2.04. The second-order valence-corrected chi connectivity index (χ2v) is 2.15. The number of nitriles is 1. The van der Waals surface area contributed by atoms with Gasteiger partial charge in [-0.15, -0.1) is 0 Å². The van der Waals surface area contributed by atoms with Crippen molar-refractivity contribution in [2.24, 2.45) is 0 Å². The molecule has 0 unspecified atom stereocenters. The standard InChI is InChI=1S/C8H8FN3/c9-2-4-12-8-6-11-3-1-7(8)5-10/h1,3,6,12H,2,4H2. The Kier molecular flexibility index (Phi) is 3.03. The van der Waals surface area contributed by atoms with Crippen molar-refractivity contribution < 1.29 is 4.39 Å². The number of pyridine rings is 1.